The monoisotopic (exact) mass is 478 g/mol. The number of fused-ring (bicyclic) bond motifs is 2. The molecule has 0 radical (unpaired) electrons. The van der Waals surface area contributed by atoms with Crippen molar-refractivity contribution in [3.05, 3.63) is 73.2 Å². The molecule has 2 N–H and O–H groups in total. The maximum absolute atomic E-state index is 5.89. The molecule has 0 aliphatic heterocycles. The Morgan fingerprint density at radius 2 is 1.89 bits per heavy atom. The van der Waals surface area contributed by atoms with Crippen molar-refractivity contribution in [2.45, 2.75) is 6.92 Å². The molecule has 1 aromatic carbocycles. The number of nitrogens with one attached hydrogen (secondary N) is 2. The summed E-state index contributed by atoms with van der Waals surface area (Å²) >= 11 is 0. The summed E-state index contributed by atoms with van der Waals surface area (Å²) in [7, 11) is 4.05. The van der Waals surface area contributed by atoms with Gasteiger partial charge < -0.3 is 14.6 Å². The fraction of sp³-hybridized carbons (Fsp3) is 0.185. The van der Waals surface area contributed by atoms with E-state index in [0.29, 0.717) is 6.61 Å². The van der Waals surface area contributed by atoms with E-state index in [4.69, 9.17) is 4.74 Å². The molecule has 180 valence electrons. The molecule has 0 aliphatic carbocycles. The van der Waals surface area contributed by atoms with Gasteiger partial charge in [0.25, 0.3) is 0 Å². The smallest absolute Gasteiger partial charge is 0.147 e. The lowest BCUT2D eigenvalue weighted by Crippen LogP contribution is -2.19. The largest absolute Gasteiger partial charge is 0.491 e. The van der Waals surface area contributed by atoms with Crippen molar-refractivity contribution in [3.63, 3.8) is 0 Å². The topological polar surface area (TPSA) is 101 Å². The van der Waals surface area contributed by atoms with Crippen LogP contribution >= 0.6 is 0 Å². The van der Waals surface area contributed by atoms with Gasteiger partial charge in [0.05, 0.1) is 28.6 Å². The first-order valence-electron chi connectivity index (χ1n) is 11.8. The minimum absolute atomic E-state index is 0.610. The van der Waals surface area contributed by atoms with Crippen LogP contribution in [0.3, 0.4) is 0 Å². The predicted octanol–water partition coefficient (Wildman–Crippen LogP) is 4.60. The van der Waals surface area contributed by atoms with Crippen LogP contribution in [0.1, 0.15) is 5.69 Å². The second-order valence-electron chi connectivity index (χ2n) is 9.09. The zero-order valence-electron chi connectivity index (χ0n) is 20.4. The fourth-order valence-corrected chi connectivity index (χ4v) is 4.31. The fourth-order valence-electron chi connectivity index (χ4n) is 4.31. The normalized spacial score (nSPS) is 11.7. The Bertz CT molecular complexity index is 1680. The SMILES string of the molecule is Cc1cn(-c2nccc3[nH]c(-c4n[nH]c5ccc(-c6cncc(OCCN(C)C)c6)cc45)cc23)cn1. The highest BCUT2D eigenvalue weighted by Crippen LogP contribution is 2.33. The summed E-state index contributed by atoms with van der Waals surface area (Å²) in [6.07, 6.45) is 9.16. The van der Waals surface area contributed by atoms with Gasteiger partial charge in [0.15, 0.2) is 0 Å². The highest BCUT2D eigenvalue weighted by atomic mass is 16.5. The number of pyridine rings is 2. The van der Waals surface area contributed by atoms with Gasteiger partial charge in [-0.3, -0.25) is 14.6 Å². The van der Waals surface area contributed by atoms with Crippen molar-refractivity contribution in [1.82, 2.24) is 39.6 Å². The van der Waals surface area contributed by atoms with E-state index >= 15 is 0 Å². The van der Waals surface area contributed by atoms with E-state index in [1.165, 1.54) is 0 Å². The Hall–Kier alpha value is -4.50. The van der Waals surface area contributed by atoms with E-state index in [9.17, 15) is 0 Å². The molecule has 0 amide bonds. The number of hydrogen-bond donors (Lipinski definition) is 2. The number of H-pyrrole nitrogens is 2. The molecule has 0 atom stereocenters. The van der Waals surface area contributed by atoms with Crippen molar-refractivity contribution in [1.29, 1.82) is 0 Å². The van der Waals surface area contributed by atoms with Crippen LogP contribution in [-0.2, 0) is 0 Å². The van der Waals surface area contributed by atoms with Crippen LogP contribution < -0.4 is 4.74 Å². The molecule has 6 aromatic rings. The van der Waals surface area contributed by atoms with Gasteiger partial charge in [0, 0.05) is 41.5 Å². The van der Waals surface area contributed by atoms with E-state index in [0.717, 1.165) is 68.1 Å². The van der Waals surface area contributed by atoms with Gasteiger partial charge in [0.2, 0.25) is 0 Å². The second kappa shape index (κ2) is 8.94. The van der Waals surface area contributed by atoms with Crippen LogP contribution in [0.25, 0.3) is 50.1 Å². The maximum Gasteiger partial charge on any atom is 0.147 e. The lowest BCUT2D eigenvalue weighted by Gasteiger charge is -2.11. The number of nitrogens with zero attached hydrogens (tertiary/aromatic N) is 6. The van der Waals surface area contributed by atoms with Crippen molar-refractivity contribution in [2.75, 3.05) is 27.2 Å². The minimum atomic E-state index is 0.610. The van der Waals surface area contributed by atoms with Gasteiger partial charge in [-0.25, -0.2) is 9.97 Å². The van der Waals surface area contributed by atoms with E-state index in [1.807, 2.05) is 56.2 Å². The first-order chi connectivity index (χ1) is 17.5. The summed E-state index contributed by atoms with van der Waals surface area (Å²) < 4.78 is 7.83. The number of imidazole rings is 1. The van der Waals surface area contributed by atoms with Gasteiger partial charge in [-0.05, 0) is 56.9 Å². The summed E-state index contributed by atoms with van der Waals surface area (Å²) in [6, 6.07) is 12.3. The molecule has 0 spiro atoms. The van der Waals surface area contributed by atoms with Crippen LogP contribution in [0.15, 0.2) is 67.5 Å². The van der Waals surface area contributed by atoms with Gasteiger partial charge >= 0.3 is 0 Å². The molecule has 9 heteroatoms. The molecule has 0 bridgehead atoms. The van der Waals surface area contributed by atoms with Gasteiger partial charge in [-0.2, -0.15) is 5.10 Å². The van der Waals surface area contributed by atoms with E-state index < -0.39 is 0 Å². The molecule has 0 saturated heterocycles. The minimum Gasteiger partial charge on any atom is -0.491 e. The summed E-state index contributed by atoms with van der Waals surface area (Å²) in [5, 5.41) is 9.82. The highest BCUT2D eigenvalue weighted by molar-refractivity contribution is 5.98. The van der Waals surface area contributed by atoms with Crippen molar-refractivity contribution >= 4 is 21.8 Å². The van der Waals surface area contributed by atoms with Crippen molar-refractivity contribution in [2.24, 2.45) is 0 Å². The third-order valence-electron chi connectivity index (χ3n) is 6.16. The highest BCUT2D eigenvalue weighted by Gasteiger charge is 2.15. The van der Waals surface area contributed by atoms with Crippen LogP contribution in [0, 0.1) is 6.92 Å². The number of aromatic amines is 2. The third kappa shape index (κ3) is 4.09. The zero-order chi connectivity index (χ0) is 24.6. The maximum atomic E-state index is 5.89. The molecular formula is C27H26N8O. The van der Waals surface area contributed by atoms with Crippen molar-refractivity contribution in [3.8, 4) is 34.1 Å². The number of aromatic nitrogens is 7. The first kappa shape index (κ1) is 22.0. The van der Waals surface area contributed by atoms with Crippen molar-refractivity contribution < 1.29 is 4.74 Å². The lowest BCUT2D eigenvalue weighted by molar-refractivity contribution is 0.261. The average Bonchev–Trinajstić information content (AvgIpc) is 3.61. The van der Waals surface area contributed by atoms with Crippen LogP contribution in [-0.4, -0.2) is 66.8 Å². The van der Waals surface area contributed by atoms with E-state index in [2.05, 4.69) is 53.2 Å². The number of rotatable bonds is 7. The standard InChI is InChI=1S/C27H26N8O/c1-17-15-35(16-30-17)27-22-12-25(31-23(22)6-7-29-27)26-21-11-18(4-5-24(21)32-33-26)19-10-20(14-28-13-19)36-9-8-34(2)3/h4-7,10-16,31H,8-9H2,1-3H3,(H,32,33). The number of ether oxygens (including phenoxy) is 1. The number of hydrogen-bond acceptors (Lipinski definition) is 6. The summed E-state index contributed by atoms with van der Waals surface area (Å²) in [6.45, 7) is 3.42. The lowest BCUT2D eigenvalue weighted by atomic mass is 10.0. The summed E-state index contributed by atoms with van der Waals surface area (Å²) in [5.74, 6) is 1.58. The summed E-state index contributed by atoms with van der Waals surface area (Å²) in [5.41, 5.74) is 6.69. The number of benzene rings is 1. The molecule has 0 aliphatic rings. The quantitative estimate of drug-likeness (QED) is 0.348. The molecule has 6 rings (SSSR count). The molecule has 5 aromatic heterocycles. The summed E-state index contributed by atoms with van der Waals surface area (Å²) in [4.78, 5) is 18.9. The Morgan fingerprint density at radius 3 is 2.72 bits per heavy atom. The van der Waals surface area contributed by atoms with Crippen LogP contribution in [0.5, 0.6) is 5.75 Å². The Balaban J connectivity index is 1.37. The number of likely N-dealkylation sites (N-methyl/N-ethyl adjacent to an activating group) is 1. The van der Waals surface area contributed by atoms with E-state index in [1.54, 1.807) is 18.7 Å². The molecule has 0 fully saturated rings. The van der Waals surface area contributed by atoms with Crippen LogP contribution in [0.2, 0.25) is 0 Å². The molecule has 36 heavy (non-hydrogen) atoms. The van der Waals surface area contributed by atoms with Crippen LogP contribution in [0.4, 0.5) is 0 Å². The Kier molecular flexibility index (Phi) is 5.46. The number of aryl methyl sites for hydroxylation is 1. The third-order valence-corrected chi connectivity index (χ3v) is 6.16. The van der Waals surface area contributed by atoms with Gasteiger partial charge in [0.1, 0.15) is 30.2 Å². The zero-order valence-corrected chi connectivity index (χ0v) is 20.4. The second-order valence-corrected chi connectivity index (χ2v) is 9.09. The van der Waals surface area contributed by atoms with Gasteiger partial charge in [-0.1, -0.05) is 6.07 Å². The Labute approximate surface area is 207 Å². The first-order valence-corrected chi connectivity index (χ1v) is 11.8. The molecular weight excluding hydrogens is 452 g/mol. The van der Waals surface area contributed by atoms with E-state index in [-0.39, 0.29) is 0 Å². The molecule has 0 saturated carbocycles. The molecule has 5 heterocycles. The van der Waals surface area contributed by atoms with Gasteiger partial charge in [-0.15, -0.1) is 0 Å². The molecule has 9 nitrogen and oxygen atoms in total. The molecule has 0 unspecified atom stereocenters. The average molecular weight is 479 g/mol. The predicted molar refractivity (Wildman–Crippen MR) is 140 cm³/mol. The Morgan fingerprint density at radius 1 is 0.972 bits per heavy atom.